The zero-order valence-electron chi connectivity index (χ0n) is 12.4. The summed E-state index contributed by atoms with van der Waals surface area (Å²) < 4.78 is 5.01. The molecule has 2 aliphatic rings. The molecule has 2 fully saturated rings. The maximum Gasteiger partial charge on any atom is 0.132 e. The normalized spacial score (nSPS) is 23.5. The van der Waals surface area contributed by atoms with Crippen molar-refractivity contribution in [2.45, 2.75) is 70.6 Å². The summed E-state index contributed by atoms with van der Waals surface area (Å²) in [7, 11) is 0. The second-order valence-electron chi connectivity index (χ2n) is 5.58. The van der Waals surface area contributed by atoms with Gasteiger partial charge in [-0.25, -0.2) is 0 Å². The van der Waals surface area contributed by atoms with Gasteiger partial charge in [0.25, 0.3) is 0 Å². The highest BCUT2D eigenvalue weighted by Crippen LogP contribution is 2.14. The fourth-order valence-corrected chi connectivity index (χ4v) is 2.52. The lowest BCUT2D eigenvalue weighted by Gasteiger charge is -2.10. The molecule has 1 N–H and O–H groups in total. The van der Waals surface area contributed by atoms with E-state index in [4.69, 9.17) is 4.74 Å². The van der Waals surface area contributed by atoms with Crippen LogP contribution in [0.3, 0.4) is 0 Å². The molecule has 0 spiro atoms. The van der Waals surface area contributed by atoms with E-state index in [2.05, 4.69) is 5.32 Å². The quantitative estimate of drug-likeness (QED) is 0.732. The van der Waals surface area contributed by atoms with Gasteiger partial charge in [-0.1, -0.05) is 44.9 Å². The summed E-state index contributed by atoms with van der Waals surface area (Å²) >= 11 is 0. The van der Waals surface area contributed by atoms with Crippen LogP contribution in [0.1, 0.15) is 70.6 Å². The number of nitrogens with one attached hydrogen (secondary N) is 1. The molecular weight excluding hydrogens is 238 g/mol. The molecule has 1 aliphatic heterocycles. The van der Waals surface area contributed by atoms with Crippen molar-refractivity contribution in [2.75, 3.05) is 26.3 Å². The predicted molar refractivity (Wildman–Crippen MR) is 79.5 cm³/mol. The van der Waals surface area contributed by atoms with Crippen molar-refractivity contribution in [3.8, 4) is 0 Å². The van der Waals surface area contributed by atoms with Crippen molar-refractivity contribution in [1.29, 1.82) is 0 Å². The van der Waals surface area contributed by atoms with E-state index in [1.165, 1.54) is 44.9 Å². The van der Waals surface area contributed by atoms with Crippen LogP contribution in [0.4, 0.5) is 0 Å². The number of hydrogen-bond acceptors (Lipinski definition) is 3. The minimum Gasteiger partial charge on any atom is -0.379 e. The lowest BCUT2D eigenvalue weighted by atomic mass is 10.0. The highest BCUT2D eigenvalue weighted by Gasteiger charge is 2.03. The Bertz CT molecular complexity index is 189. The number of ether oxygens (including phenoxy) is 1. The first-order chi connectivity index (χ1) is 9.39. The minimum absolute atomic E-state index is 0.501. The van der Waals surface area contributed by atoms with E-state index in [1.54, 1.807) is 0 Å². The van der Waals surface area contributed by atoms with Crippen molar-refractivity contribution >= 4 is 5.78 Å². The maximum absolute atomic E-state index is 11.3. The van der Waals surface area contributed by atoms with Crippen LogP contribution in [0.5, 0.6) is 0 Å². The molecule has 0 bridgehead atoms. The molecule has 0 radical (unpaired) electrons. The first kappa shape index (κ1) is 16.6. The highest BCUT2D eigenvalue weighted by molar-refractivity contribution is 5.78. The number of carbonyl (C=O) groups is 1. The Hall–Kier alpha value is -0.410. The van der Waals surface area contributed by atoms with Gasteiger partial charge < -0.3 is 10.1 Å². The fraction of sp³-hybridized carbons (Fsp3) is 0.938. The summed E-state index contributed by atoms with van der Waals surface area (Å²) in [4.78, 5) is 11.3. The van der Waals surface area contributed by atoms with Crippen LogP contribution >= 0.6 is 0 Å². The van der Waals surface area contributed by atoms with Crippen LogP contribution in [0.25, 0.3) is 0 Å². The molecule has 1 saturated heterocycles. The lowest BCUT2D eigenvalue weighted by Crippen LogP contribution is -2.30. The van der Waals surface area contributed by atoms with E-state index in [1.807, 2.05) is 0 Å². The summed E-state index contributed by atoms with van der Waals surface area (Å²) in [5.74, 6) is 0.501. The van der Waals surface area contributed by atoms with Crippen molar-refractivity contribution in [2.24, 2.45) is 0 Å². The Balaban J connectivity index is 0.000000250. The lowest BCUT2D eigenvalue weighted by molar-refractivity contribution is -0.119. The van der Waals surface area contributed by atoms with Gasteiger partial charge >= 0.3 is 0 Å². The zero-order valence-corrected chi connectivity index (χ0v) is 12.4. The van der Waals surface area contributed by atoms with Crippen LogP contribution in [-0.2, 0) is 9.53 Å². The highest BCUT2D eigenvalue weighted by atomic mass is 16.5. The van der Waals surface area contributed by atoms with E-state index in [0.29, 0.717) is 5.78 Å². The number of rotatable bonds is 0. The monoisotopic (exact) mass is 269 g/mol. The van der Waals surface area contributed by atoms with E-state index in [9.17, 15) is 4.79 Å². The molecule has 0 unspecified atom stereocenters. The van der Waals surface area contributed by atoms with Gasteiger partial charge in [0.15, 0.2) is 0 Å². The third-order valence-electron chi connectivity index (χ3n) is 3.76. The van der Waals surface area contributed by atoms with E-state index >= 15 is 0 Å². The SMILES string of the molecule is C1COCCN1.O=C1CCCCCCCCCCC1. The number of Topliss-reactive ketones (excluding diaryl/α,β-unsaturated/α-hetero) is 1. The Kier molecular flexibility index (Phi) is 11.1. The molecule has 1 heterocycles. The molecule has 0 aromatic heterocycles. The average Bonchev–Trinajstić information content (AvgIpc) is 2.45. The largest absolute Gasteiger partial charge is 0.379 e. The molecule has 0 atom stereocenters. The molecule has 1 saturated carbocycles. The molecule has 19 heavy (non-hydrogen) atoms. The molecule has 3 heteroatoms. The summed E-state index contributed by atoms with van der Waals surface area (Å²) in [6.07, 6.45) is 13.4. The second-order valence-corrected chi connectivity index (χ2v) is 5.58. The molecule has 0 amide bonds. The Morgan fingerprint density at radius 1 is 0.684 bits per heavy atom. The number of carbonyl (C=O) groups excluding carboxylic acids is 1. The van der Waals surface area contributed by atoms with Crippen molar-refractivity contribution in [1.82, 2.24) is 5.32 Å². The van der Waals surface area contributed by atoms with E-state index in [0.717, 1.165) is 52.0 Å². The van der Waals surface area contributed by atoms with Gasteiger partial charge in [0.1, 0.15) is 5.78 Å². The minimum atomic E-state index is 0.501. The Labute approximate surface area is 118 Å². The Morgan fingerprint density at radius 2 is 1.11 bits per heavy atom. The van der Waals surface area contributed by atoms with Crippen LogP contribution in [0.2, 0.25) is 0 Å². The standard InChI is InChI=1S/C12H22O.C4H9NO/c13-12-10-8-6-4-2-1-3-5-7-9-11-12;1-3-6-4-2-5-1/h1-11H2;5H,1-4H2. The van der Waals surface area contributed by atoms with Gasteiger partial charge in [0.2, 0.25) is 0 Å². The molecule has 0 aromatic rings. The zero-order chi connectivity index (χ0) is 13.6. The summed E-state index contributed by atoms with van der Waals surface area (Å²) in [5, 5.41) is 3.16. The summed E-state index contributed by atoms with van der Waals surface area (Å²) in [5.41, 5.74) is 0. The first-order valence-corrected chi connectivity index (χ1v) is 8.20. The number of hydrogen-bond donors (Lipinski definition) is 1. The third-order valence-corrected chi connectivity index (χ3v) is 3.76. The Morgan fingerprint density at radius 3 is 1.42 bits per heavy atom. The second kappa shape index (κ2) is 12.6. The smallest absolute Gasteiger partial charge is 0.132 e. The molecule has 1 aliphatic carbocycles. The van der Waals surface area contributed by atoms with E-state index < -0.39 is 0 Å². The first-order valence-electron chi connectivity index (χ1n) is 8.20. The van der Waals surface area contributed by atoms with Gasteiger partial charge in [-0.3, -0.25) is 4.79 Å². The van der Waals surface area contributed by atoms with Crippen molar-refractivity contribution in [3.63, 3.8) is 0 Å². The van der Waals surface area contributed by atoms with Crippen LogP contribution < -0.4 is 5.32 Å². The van der Waals surface area contributed by atoms with Crippen LogP contribution in [0.15, 0.2) is 0 Å². The maximum atomic E-state index is 11.3. The third kappa shape index (κ3) is 11.1. The molecular formula is C16H31NO2. The van der Waals surface area contributed by atoms with Gasteiger partial charge in [0, 0.05) is 25.9 Å². The average molecular weight is 269 g/mol. The van der Waals surface area contributed by atoms with Crippen LogP contribution in [-0.4, -0.2) is 32.1 Å². The van der Waals surface area contributed by atoms with Crippen LogP contribution in [0, 0.1) is 0 Å². The topological polar surface area (TPSA) is 38.3 Å². The summed E-state index contributed by atoms with van der Waals surface area (Å²) in [6.45, 7) is 3.83. The summed E-state index contributed by atoms with van der Waals surface area (Å²) in [6, 6.07) is 0. The van der Waals surface area contributed by atoms with Gasteiger partial charge in [-0.2, -0.15) is 0 Å². The van der Waals surface area contributed by atoms with Gasteiger partial charge in [-0.15, -0.1) is 0 Å². The number of ketones is 1. The number of morpholine rings is 1. The van der Waals surface area contributed by atoms with Gasteiger partial charge in [0.05, 0.1) is 13.2 Å². The van der Waals surface area contributed by atoms with Crippen molar-refractivity contribution < 1.29 is 9.53 Å². The molecule has 2 rings (SSSR count). The van der Waals surface area contributed by atoms with Crippen molar-refractivity contribution in [3.05, 3.63) is 0 Å². The molecule has 3 nitrogen and oxygen atoms in total. The molecule has 0 aromatic carbocycles. The van der Waals surface area contributed by atoms with E-state index in [-0.39, 0.29) is 0 Å². The molecule has 112 valence electrons. The fourth-order valence-electron chi connectivity index (χ4n) is 2.52. The predicted octanol–water partition coefficient (Wildman–Crippen LogP) is 3.47. The van der Waals surface area contributed by atoms with Gasteiger partial charge in [-0.05, 0) is 12.8 Å².